The highest BCUT2D eigenvalue weighted by molar-refractivity contribution is 5.89. The van der Waals surface area contributed by atoms with Crippen molar-refractivity contribution in [3.8, 4) is 5.75 Å². The molecule has 1 saturated heterocycles. The fourth-order valence-electron chi connectivity index (χ4n) is 3.65. The normalized spacial score (nSPS) is 14.2. The van der Waals surface area contributed by atoms with Gasteiger partial charge in [-0.2, -0.15) is 0 Å². The summed E-state index contributed by atoms with van der Waals surface area (Å²) >= 11 is 0. The van der Waals surface area contributed by atoms with Crippen LogP contribution in [-0.2, 0) is 16.1 Å². The van der Waals surface area contributed by atoms with E-state index in [2.05, 4.69) is 15.5 Å². The molecule has 9 heteroatoms. The summed E-state index contributed by atoms with van der Waals surface area (Å²) in [5, 5.41) is 5.76. The molecule has 196 valence electrons. The van der Waals surface area contributed by atoms with Gasteiger partial charge in [0.25, 0.3) is 0 Å². The van der Waals surface area contributed by atoms with Crippen LogP contribution in [0.25, 0.3) is 0 Å². The molecule has 0 unspecified atom stereocenters. The zero-order valence-electron chi connectivity index (χ0n) is 21.5. The number of amides is 3. The van der Waals surface area contributed by atoms with Gasteiger partial charge in [0.2, 0.25) is 0 Å². The van der Waals surface area contributed by atoms with E-state index in [1.807, 2.05) is 75.4 Å². The van der Waals surface area contributed by atoms with E-state index in [1.54, 1.807) is 4.90 Å². The summed E-state index contributed by atoms with van der Waals surface area (Å²) in [5.74, 6) is 0.821. The van der Waals surface area contributed by atoms with Crippen molar-refractivity contribution >= 4 is 17.8 Å². The largest absolute Gasteiger partial charge is 0.491 e. The molecule has 1 heterocycles. The molecule has 3 amide bonds. The molecule has 2 aromatic rings. The van der Waals surface area contributed by atoms with E-state index >= 15 is 0 Å². The van der Waals surface area contributed by atoms with Crippen molar-refractivity contribution < 1.29 is 23.8 Å². The average Bonchev–Trinajstić information content (AvgIpc) is 2.84. The van der Waals surface area contributed by atoms with Gasteiger partial charge in [-0.1, -0.05) is 30.3 Å². The number of hydrogen-bond acceptors (Lipinski definition) is 6. The van der Waals surface area contributed by atoms with Crippen LogP contribution in [0.15, 0.2) is 54.6 Å². The van der Waals surface area contributed by atoms with E-state index in [4.69, 9.17) is 14.2 Å². The Bertz CT molecular complexity index is 956. The van der Waals surface area contributed by atoms with Gasteiger partial charge < -0.3 is 29.7 Å². The van der Waals surface area contributed by atoms with Crippen LogP contribution in [0.1, 0.15) is 26.3 Å². The summed E-state index contributed by atoms with van der Waals surface area (Å²) in [7, 11) is 0. The first-order chi connectivity index (χ1) is 17.3. The summed E-state index contributed by atoms with van der Waals surface area (Å²) < 4.78 is 16.7. The first-order valence-corrected chi connectivity index (χ1v) is 12.4. The number of ether oxygens (including phenoxy) is 3. The van der Waals surface area contributed by atoms with Crippen LogP contribution >= 0.6 is 0 Å². The Labute approximate surface area is 213 Å². The number of piperazine rings is 1. The molecule has 1 fully saturated rings. The zero-order valence-corrected chi connectivity index (χ0v) is 21.5. The molecule has 0 aromatic heterocycles. The lowest BCUT2D eigenvalue weighted by molar-refractivity contribution is 0.0147. The average molecular weight is 499 g/mol. The molecule has 0 radical (unpaired) electrons. The molecule has 2 aromatic carbocycles. The third kappa shape index (κ3) is 10.1. The van der Waals surface area contributed by atoms with Gasteiger partial charge in [-0.05, 0) is 50.6 Å². The minimum absolute atomic E-state index is 0.253. The third-order valence-corrected chi connectivity index (χ3v) is 5.43. The van der Waals surface area contributed by atoms with Gasteiger partial charge in [0, 0.05) is 45.0 Å². The van der Waals surface area contributed by atoms with Crippen LogP contribution in [0, 0.1) is 0 Å². The Morgan fingerprint density at radius 2 is 1.69 bits per heavy atom. The molecule has 0 spiro atoms. The number of anilines is 1. The maximum absolute atomic E-state index is 12.3. The number of carbonyl (C=O) groups excluding carboxylic acids is 2. The number of hydrogen-bond donors (Lipinski definition) is 2. The highest BCUT2D eigenvalue weighted by atomic mass is 16.6. The molecule has 0 aliphatic carbocycles. The summed E-state index contributed by atoms with van der Waals surface area (Å²) in [6, 6.07) is 17.0. The molecule has 36 heavy (non-hydrogen) atoms. The van der Waals surface area contributed by atoms with Crippen molar-refractivity contribution in [2.24, 2.45) is 0 Å². The number of carbonyl (C=O) groups is 2. The van der Waals surface area contributed by atoms with E-state index in [1.165, 1.54) is 0 Å². The summed E-state index contributed by atoms with van der Waals surface area (Å²) in [5.41, 5.74) is 1.19. The van der Waals surface area contributed by atoms with Crippen molar-refractivity contribution in [1.29, 1.82) is 0 Å². The van der Waals surface area contributed by atoms with Gasteiger partial charge >= 0.3 is 12.1 Å². The Hall–Kier alpha value is -3.30. The van der Waals surface area contributed by atoms with Gasteiger partial charge in [0.05, 0.1) is 13.2 Å². The number of nitrogens with one attached hydrogen (secondary N) is 2. The maximum Gasteiger partial charge on any atom is 0.410 e. The van der Waals surface area contributed by atoms with Gasteiger partial charge in [-0.25, -0.2) is 9.59 Å². The fraction of sp³-hybridized carbons (Fsp3) is 0.481. The Morgan fingerprint density at radius 1 is 0.944 bits per heavy atom. The topological polar surface area (TPSA) is 92.4 Å². The standard InChI is InChI=1S/C27H38N4O5/c1-27(2,3)36-26(33)31-16-14-30(15-17-31)13-12-28-25(32)29-23-9-7-8-22(20-23)21-34-18-19-35-24-10-5-4-6-11-24/h4-11,20H,12-19,21H2,1-3H3,(H2,28,29,32). The zero-order chi connectivity index (χ0) is 25.8. The first-order valence-electron chi connectivity index (χ1n) is 12.4. The van der Waals surface area contributed by atoms with Gasteiger partial charge in [-0.15, -0.1) is 0 Å². The summed E-state index contributed by atoms with van der Waals surface area (Å²) in [6.45, 7) is 11.0. The minimum atomic E-state index is -0.491. The second-order valence-electron chi connectivity index (χ2n) is 9.60. The molecule has 0 atom stereocenters. The first kappa shape index (κ1) is 27.3. The van der Waals surface area contributed by atoms with Crippen LogP contribution in [-0.4, -0.2) is 80.0 Å². The summed E-state index contributed by atoms with van der Waals surface area (Å²) in [4.78, 5) is 28.4. The van der Waals surface area contributed by atoms with Crippen molar-refractivity contribution in [1.82, 2.24) is 15.1 Å². The fourth-order valence-corrected chi connectivity index (χ4v) is 3.65. The maximum atomic E-state index is 12.3. The predicted octanol–water partition coefficient (Wildman–Crippen LogP) is 3.96. The minimum Gasteiger partial charge on any atom is -0.491 e. The van der Waals surface area contributed by atoms with E-state index in [0.717, 1.165) is 24.4 Å². The molecular weight excluding hydrogens is 460 g/mol. The molecule has 0 saturated carbocycles. The predicted molar refractivity (Wildman–Crippen MR) is 139 cm³/mol. The molecule has 0 bridgehead atoms. The Kier molecular flexibility index (Phi) is 10.4. The molecular formula is C27H38N4O5. The SMILES string of the molecule is CC(C)(C)OC(=O)N1CCN(CCNC(=O)Nc2cccc(COCCOc3ccccc3)c2)CC1. The van der Waals surface area contributed by atoms with Crippen LogP contribution in [0.2, 0.25) is 0 Å². The lowest BCUT2D eigenvalue weighted by Gasteiger charge is -2.35. The summed E-state index contributed by atoms with van der Waals surface area (Å²) in [6.07, 6.45) is -0.271. The number of urea groups is 1. The van der Waals surface area contributed by atoms with E-state index in [0.29, 0.717) is 51.7 Å². The van der Waals surface area contributed by atoms with E-state index < -0.39 is 5.60 Å². The van der Waals surface area contributed by atoms with Gasteiger partial charge in [0.15, 0.2) is 0 Å². The molecule has 9 nitrogen and oxygen atoms in total. The molecule has 3 rings (SSSR count). The van der Waals surface area contributed by atoms with Crippen molar-refractivity contribution in [3.63, 3.8) is 0 Å². The van der Waals surface area contributed by atoms with E-state index in [-0.39, 0.29) is 12.1 Å². The van der Waals surface area contributed by atoms with Gasteiger partial charge in [0.1, 0.15) is 18.0 Å². The highest BCUT2D eigenvalue weighted by Crippen LogP contribution is 2.13. The highest BCUT2D eigenvalue weighted by Gasteiger charge is 2.25. The second-order valence-corrected chi connectivity index (χ2v) is 9.60. The molecule has 1 aliphatic rings. The van der Waals surface area contributed by atoms with Crippen LogP contribution < -0.4 is 15.4 Å². The van der Waals surface area contributed by atoms with Crippen molar-refractivity contribution in [2.45, 2.75) is 33.0 Å². The van der Waals surface area contributed by atoms with Crippen molar-refractivity contribution in [2.75, 3.05) is 57.8 Å². The van der Waals surface area contributed by atoms with Crippen molar-refractivity contribution in [3.05, 3.63) is 60.2 Å². The Balaban J connectivity index is 1.28. The Morgan fingerprint density at radius 3 is 2.42 bits per heavy atom. The van der Waals surface area contributed by atoms with Crippen LogP contribution in [0.3, 0.4) is 0 Å². The second kappa shape index (κ2) is 13.7. The lowest BCUT2D eigenvalue weighted by Crippen LogP contribution is -2.51. The van der Waals surface area contributed by atoms with Gasteiger partial charge in [-0.3, -0.25) is 4.90 Å². The number of benzene rings is 2. The van der Waals surface area contributed by atoms with Crippen LogP contribution in [0.4, 0.5) is 15.3 Å². The lowest BCUT2D eigenvalue weighted by atomic mass is 10.2. The van der Waals surface area contributed by atoms with E-state index in [9.17, 15) is 9.59 Å². The monoisotopic (exact) mass is 498 g/mol. The number of rotatable bonds is 10. The number of para-hydroxylation sites is 1. The quantitative estimate of drug-likeness (QED) is 0.482. The molecule has 2 N–H and O–H groups in total. The van der Waals surface area contributed by atoms with Crippen LogP contribution in [0.5, 0.6) is 5.75 Å². The third-order valence-electron chi connectivity index (χ3n) is 5.43. The molecule has 1 aliphatic heterocycles. The number of nitrogens with zero attached hydrogens (tertiary/aromatic N) is 2. The smallest absolute Gasteiger partial charge is 0.410 e.